The third-order valence-electron chi connectivity index (χ3n) is 21.0. The second-order valence-corrected chi connectivity index (χ2v) is 28.0. The van der Waals surface area contributed by atoms with Gasteiger partial charge >= 0.3 is 0 Å². The summed E-state index contributed by atoms with van der Waals surface area (Å²) in [6.45, 7) is 0. The van der Waals surface area contributed by atoms with Gasteiger partial charge in [-0.25, -0.2) is 29.9 Å². The third-order valence-corrected chi connectivity index (χ3v) is 21.0. The summed E-state index contributed by atoms with van der Waals surface area (Å²) in [5.74, 6) is 1.37. The van der Waals surface area contributed by atoms with Crippen molar-refractivity contribution in [2.45, 2.75) is 0 Å². The average molecular weight is 1430 g/mol. The number of para-hydroxylation sites is 2. The van der Waals surface area contributed by atoms with Gasteiger partial charge in [-0.15, -0.1) is 0 Å². The van der Waals surface area contributed by atoms with Crippen molar-refractivity contribution in [1.29, 1.82) is 0 Å². The van der Waals surface area contributed by atoms with Crippen LogP contribution in [0.3, 0.4) is 0 Å². The predicted molar refractivity (Wildman–Crippen MR) is 460 cm³/mol. The standard InChI is InChI=1S/C55H35N3O.C49H31N3O/c1-4-12-36(13-5-1)37-24-28-42(29-25-37)49-35-48(41-14-6-2-7-15-41)57-55(58-49)44-30-26-39(27-31-44)38-20-22-40(23-21-38)45-32-33-46-50(34-45)56-53(43-16-8-3-9-17-43)52-47-18-10-11-19-51(47)59-54(46)52;1-4-12-32(13-5-1)33-20-24-36(25-21-33)43-31-42(35-14-6-2-7-15-35)51-49(52-43)38-26-22-34(23-27-38)39-28-29-40-44(30-39)50-47(37-16-8-3-9-17-37)46-41-18-10-11-19-45(41)53-48(40)46/h1-35H;1-31H. The van der Waals surface area contributed by atoms with Gasteiger partial charge in [-0.2, -0.15) is 0 Å². The number of aromatic nitrogens is 6. The Hall–Kier alpha value is -15.1. The molecule has 524 valence electrons. The van der Waals surface area contributed by atoms with Crippen molar-refractivity contribution >= 4 is 65.7 Å². The van der Waals surface area contributed by atoms with E-state index in [0.717, 1.165) is 178 Å². The molecular formula is C104H66N6O2. The Kier molecular flexibility index (Phi) is 17.1. The van der Waals surface area contributed by atoms with E-state index in [-0.39, 0.29) is 0 Å². The molecule has 21 aromatic rings. The molecule has 15 aromatic carbocycles. The summed E-state index contributed by atoms with van der Waals surface area (Å²) in [5.41, 5.74) is 30.2. The topological polar surface area (TPSA) is 104 Å². The van der Waals surface area contributed by atoms with Crippen molar-refractivity contribution in [3.05, 3.63) is 400 Å². The minimum atomic E-state index is 0.681. The van der Waals surface area contributed by atoms with Crippen LogP contribution in [0.2, 0.25) is 0 Å². The van der Waals surface area contributed by atoms with Gasteiger partial charge in [0.1, 0.15) is 22.3 Å². The first-order valence-electron chi connectivity index (χ1n) is 37.6. The lowest BCUT2D eigenvalue weighted by Gasteiger charge is -2.11. The number of hydrogen-bond donors (Lipinski definition) is 0. The van der Waals surface area contributed by atoms with Crippen LogP contribution in [0.4, 0.5) is 0 Å². The minimum absolute atomic E-state index is 0.681. The smallest absolute Gasteiger partial charge is 0.160 e. The Labute approximate surface area is 646 Å². The maximum Gasteiger partial charge on any atom is 0.160 e. The van der Waals surface area contributed by atoms with Crippen molar-refractivity contribution in [3.63, 3.8) is 0 Å². The van der Waals surface area contributed by atoms with E-state index in [2.05, 4.69) is 315 Å². The molecule has 6 heterocycles. The van der Waals surface area contributed by atoms with Crippen molar-refractivity contribution in [2.75, 3.05) is 0 Å². The molecule has 8 nitrogen and oxygen atoms in total. The maximum atomic E-state index is 6.50. The van der Waals surface area contributed by atoms with Gasteiger partial charge in [0, 0.05) is 66.1 Å². The van der Waals surface area contributed by atoms with Crippen LogP contribution in [0.15, 0.2) is 409 Å². The summed E-state index contributed by atoms with van der Waals surface area (Å²) in [7, 11) is 0. The van der Waals surface area contributed by atoms with Gasteiger partial charge in [0.2, 0.25) is 0 Å². The summed E-state index contributed by atoms with van der Waals surface area (Å²) in [5, 5.41) is 6.23. The van der Waals surface area contributed by atoms with E-state index in [9.17, 15) is 0 Å². The Morgan fingerprint density at radius 2 is 0.393 bits per heavy atom. The number of hydrogen-bond acceptors (Lipinski definition) is 8. The van der Waals surface area contributed by atoms with Gasteiger partial charge in [-0.05, 0) is 104 Å². The first kappa shape index (κ1) is 66.3. The quantitative estimate of drug-likeness (QED) is 0.112. The van der Waals surface area contributed by atoms with Gasteiger partial charge in [-0.1, -0.05) is 352 Å². The Balaban J connectivity index is 0.000000147. The van der Waals surface area contributed by atoms with Crippen molar-refractivity contribution in [1.82, 2.24) is 29.9 Å². The largest absolute Gasteiger partial charge is 0.455 e. The molecule has 0 N–H and O–H groups in total. The molecule has 0 atom stereocenters. The first-order valence-corrected chi connectivity index (χ1v) is 37.6. The van der Waals surface area contributed by atoms with Crippen molar-refractivity contribution in [3.8, 4) is 146 Å². The summed E-state index contributed by atoms with van der Waals surface area (Å²) >= 11 is 0. The zero-order valence-corrected chi connectivity index (χ0v) is 60.6. The van der Waals surface area contributed by atoms with Gasteiger partial charge in [0.15, 0.2) is 11.6 Å². The highest BCUT2D eigenvalue weighted by Crippen LogP contribution is 2.44. The average Bonchev–Trinajstić information content (AvgIpc) is 1.58. The van der Waals surface area contributed by atoms with E-state index >= 15 is 0 Å². The molecular weight excluding hydrogens is 1370 g/mol. The molecule has 112 heavy (non-hydrogen) atoms. The molecule has 0 saturated heterocycles. The molecule has 0 saturated carbocycles. The fourth-order valence-corrected chi connectivity index (χ4v) is 15.3. The molecule has 8 heteroatoms. The molecule has 0 unspecified atom stereocenters. The number of benzene rings is 15. The van der Waals surface area contributed by atoms with Crippen LogP contribution < -0.4 is 0 Å². The molecule has 0 radical (unpaired) electrons. The monoisotopic (exact) mass is 1430 g/mol. The fraction of sp³-hybridized carbons (Fsp3) is 0. The van der Waals surface area contributed by atoms with Crippen LogP contribution in [-0.4, -0.2) is 29.9 Å². The molecule has 6 aromatic heterocycles. The van der Waals surface area contributed by atoms with E-state index in [1.54, 1.807) is 0 Å². The summed E-state index contributed by atoms with van der Waals surface area (Å²) < 4.78 is 13.0. The van der Waals surface area contributed by atoms with Crippen LogP contribution in [0, 0.1) is 0 Å². The lowest BCUT2D eigenvalue weighted by Crippen LogP contribution is -1.96. The predicted octanol–water partition coefficient (Wildman–Crippen LogP) is 27.5. The van der Waals surface area contributed by atoms with E-state index < -0.39 is 0 Å². The van der Waals surface area contributed by atoms with Gasteiger partial charge < -0.3 is 8.83 Å². The zero-order chi connectivity index (χ0) is 74.3. The SMILES string of the molecule is c1ccc(-c2ccc(-c3cc(-c4ccccc4)nc(-c4ccc(-c5ccc(-c6ccc7c(c6)nc(-c6ccccc6)c6c8ccccc8oc76)cc5)cc4)n3)cc2)cc1.c1ccc(-c2ccc(-c3cc(-c4ccccc4)nc(-c4ccc(-c5ccc6c(c5)nc(-c5ccccc5)c5c7ccccc7oc65)cc4)n3)cc2)cc1. The molecule has 0 amide bonds. The number of furan rings is 2. The van der Waals surface area contributed by atoms with E-state index in [0.29, 0.717) is 11.6 Å². The second kappa shape index (κ2) is 28.9. The van der Waals surface area contributed by atoms with Gasteiger partial charge in [0.05, 0.1) is 56.0 Å². The molecule has 21 rings (SSSR count). The van der Waals surface area contributed by atoms with Gasteiger partial charge in [0.25, 0.3) is 0 Å². The van der Waals surface area contributed by atoms with Crippen LogP contribution in [0.5, 0.6) is 0 Å². The van der Waals surface area contributed by atoms with Crippen molar-refractivity contribution < 1.29 is 8.83 Å². The highest BCUT2D eigenvalue weighted by Gasteiger charge is 2.22. The zero-order valence-electron chi connectivity index (χ0n) is 60.6. The molecule has 0 aliphatic rings. The number of fused-ring (bicyclic) bond motifs is 10. The van der Waals surface area contributed by atoms with Crippen LogP contribution in [0.1, 0.15) is 0 Å². The molecule has 0 bridgehead atoms. The summed E-state index contributed by atoms with van der Waals surface area (Å²) in [6.07, 6.45) is 0. The van der Waals surface area contributed by atoms with E-state index in [1.165, 1.54) is 22.3 Å². The fourth-order valence-electron chi connectivity index (χ4n) is 15.3. The molecule has 0 spiro atoms. The first-order chi connectivity index (χ1) is 55.5. The summed E-state index contributed by atoms with van der Waals surface area (Å²) in [6, 6.07) is 139. The highest BCUT2D eigenvalue weighted by atomic mass is 16.3. The Bertz CT molecular complexity index is 7020. The molecule has 0 aliphatic heterocycles. The van der Waals surface area contributed by atoms with Crippen molar-refractivity contribution in [2.24, 2.45) is 0 Å². The molecule has 0 fully saturated rings. The number of pyridine rings is 2. The van der Waals surface area contributed by atoms with E-state index in [4.69, 9.17) is 38.7 Å². The lowest BCUT2D eigenvalue weighted by molar-refractivity contribution is 0.672. The Morgan fingerprint density at radius 1 is 0.161 bits per heavy atom. The Morgan fingerprint density at radius 3 is 0.714 bits per heavy atom. The maximum absolute atomic E-state index is 6.50. The second-order valence-electron chi connectivity index (χ2n) is 28.0. The summed E-state index contributed by atoms with van der Waals surface area (Å²) in [4.78, 5) is 30.9. The normalized spacial score (nSPS) is 11.4. The minimum Gasteiger partial charge on any atom is -0.455 e. The molecule has 0 aliphatic carbocycles. The van der Waals surface area contributed by atoms with Crippen LogP contribution in [-0.2, 0) is 0 Å². The van der Waals surface area contributed by atoms with Gasteiger partial charge in [-0.3, -0.25) is 0 Å². The van der Waals surface area contributed by atoms with Crippen LogP contribution >= 0.6 is 0 Å². The number of nitrogens with zero attached hydrogens (tertiary/aromatic N) is 6. The lowest BCUT2D eigenvalue weighted by atomic mass is 9.97. The number of rotatable bonds is 13. The third kappa shape index (κ3) is 12.9. The highest BCUT2D eigenvalue weighted by molar-refractivity contribution is 6.21. The van der Waals surface area contributed by atoms with Crippen LogP contribution in [0.25, 0.3) is 212 Å². The van der Waals surface area contributed by atoms with E-state index in [1.807, 2.05) is 84.9 Å².